The van der Waals surface area contributed by atoms with E-state index in [1.165, 1.54) is 16.7 Å². The van der Waals surface area contributed by atoms with Crippen molar-refractivity contribution in [2.24, 2.45) is 0 Å². The molecule has 1 aromatic carbocycles. The van der Waals surface area contributed by atoms with Crippen LogP contribution in [-0.4, -0.2) is 0 Å². The van der Waals surface area contributed by atoms with E-state index in [4.69, 9.17) is 0 Å². The molecule has 0 aliphatic heterocycles. The third kappa shape index (κ3) is 4.34. The van der Waals surface area contributed by atoms with Crippen molar-refractivity contribution in [3.63, 3.8) is 0 Å². The van der Waals surface area contributed by atoms with Crippen LogP contribution in [0.3, 0.4) is 0 Å². The Morgan fingerprint density at radius 3 is 1.82 bits per heavy atom. The van der Waals surface area contributed by atoms with Crippen LogP contribution in [-0.2, 0) is 42.1 Å². The topological polar surface area (TPSA) is 0 Å². The summed E-state index contributed by atoms with van der Waals surface area (Å²) in [6, 6.07) is 4.31. The van der Waals surface area contributed by atoms with E-state index in [0.717, 1.165) is 0 Å². The van der Waals surface area contributed by atoms with Gasteiger partial charge in [0.15, 0.2) is 0 Å². The molecule has 0 bridgehead atoms. The van der Waals surface area contributed by atoms with Gasteiger partial charge in [-0.1, -0.05) is 20.8 Å². The van der Waals surface area contributed by atoms with Crippen molar-refractivity contribution in [2.75, 3.05) is 0 Å². The monoisotopic (exact) mass is 512 g/mol. The van der Waals surface area contributed by atoms with Gasteiger partial charge in [-0.15, -0.1) is 0 Å². The Kier molecular flexibility index (Phi) is 11.9. The van der Waals surface area contributed by atoms with E-state index in [-0.39, 0.29) is 49.6 Å². The van der Waals surface area contributed by atoms with Crippen molar-refractivity contribution >= 4 is 0 Å². The van der Waals surface area contributed by atoms with Crippen molar-refractivity contribution in [3.05, 3.63) is 36.2 Å². The molecule has 1 rings (SSSR count). The Hall–Kier alpha value is 0.727. The van der Waals surface area contributed by atoms with Crippen molar-refractivity contribution in [1.29, 1.82) is 0 Å². The van der Waals surface area contributed by atoms with Gasteiger partial charge in [0.25, 0.3) is 0 Å². The van der Waals surface area contributed by atoms with E-state index in [2.05, 4.69) is 32.9 Å². The number of hydrogen-bond acceptors (Lipinski definition) is 0. The fourth-order valence-electron chi connectivity index (χ4n) is 0.811. The predicted octanol–water partition coefficient (Wildman–Crippen LogP) is 2.78. The maximum Gasteiger partial charge on any atom is 4.00 e. The van der Waals surface area contributed by atoms with Crippen LogP contribution in [0.1, 0.15) is 16.7 Å². The Labute approximate surface area is 98.7 Å². The Morgan fingerprint density at radius 2 is 1.73 bits per heavy atom. The average Bonchev–Trinajstić information content (AvgIpc) is 1.98. The third-order valence-corrected chi connectivity index (χ3v) is 1.77. The van der Waals surface area contributed by atoms with Gasteiger partial charge >= 0.3 is 42.1 Å². The molecule has 0 amide bonds. The number of rotatable bonds is 0. The largest absolute Gasteiger partial charge is 4.00 e. The van der Waals surface area contributed by atoms with Gasteiger partial charge in [0.2, 0.25) is 0 Å². The molecule has 66 valence electrons. The molecule has 2 heteroatoms. The molecule has 0 unspecified atom stereocenters. The van der Waals surface area contributed by atoms with Gasteiger partial charge in [-0.2, -0.15) is 22.8 Å². The van der Waals surface area contributed by atoms with Crippen LogP contribution in [0.15, 0.2) is 12.1 Å². The molecule has 0 saturated carbocycles. The van der Waals surface area contributed by atoms with Gasteiger partial charge in [0.05, 0.1) is 0 Å². The molecule has 1 aromatic rings. The average molecular weight is 512 g/mol. The fourth-order valence-corrected chi connectivity index (χ4v) is 0.811. The second-order valence-corrected chi connectivity index (χ2v) is 2.32. The minimum atomic E-state index is 0. The summed E-state index contributed by atoms with van der Waals surface area (Å²) in [6.45, 7) is 6.44. The van der Waals surface area contributed by atoms with Crippen LogP contribution in [0.25, 0.3) is 0 Å². The standard InChI is InChI=1S/C8H11.CH3.2Pt/c1-6-4-5-7(2)8(6)3;;;/h4-5H,1-3H3;1H3;;/q2*-1;+2;+4. The molecule has 0 aliphatic carbocycles. The van der Waals surface area contributed by atoms with Crippen molar-refractivity contribution in [2.45, 2.75) is 20.8 Å². The van der Waals surface area contributed by atoms with Gasteiger partial charge < -0.3 is 7.43 Å². The Morgan fingerprint density at radius 1 is 1.27 bits per heavy atom. The number of hydrogen-bond donors (Lipinski definition) is 0. The number of aryl methyl sites for hydroxylation is 2. The minimum absolute atomic E-state index is 0. The zero-order chi connectivity index (χ0) is 6.15. The molecular weight excluding hydrogens is 498 g/mol. The predicted molar refractivity (Wildman–Crippen MR) is 42.7 cm³/mol. The summed E-state index contributed by atoms with van der Waals surface area (Å²) in [5, 5.41) is 0. The van der Waals surface area contributed by atoms with Crippen LogP contribution in [0, 0.1) is 28.2 Å². The summed E-state index contributed by atoms with van der Waals surface area (Å²) in [5.74, 6) is 0. The first kappa shape index (κ1) is 17.7. The van der Waals surface area contributed by atoms with E-state index in [1.807, 2.05) is 0 Å². The van der Waals surface area contributed by atoms with Crippen LogP contribution in [0.5, 0.6) is 0 Å². The van der Waals surface area contributed by atoms with E-state index >= 15 is 0 Å². The summed E-state index contributed by atoms with van der Waals surface area (Å²) < 4.78 is 0. The Bertz CT molecular complexity index is 170. The molecule has 0 fully saturated rings. The first-order valence-corrected chi connectivity index (χ1v) is 2.91. The summed E-state index contributed by atoms with van der Waals surface area (Å²) in [4.78, 5) is 0. The summed E-state index contributed by atoms with van der Waals surface area (Å²) >= 11 is 0. The van der Waals surface area contributed by atoms with E-state index < -0.39 is 0 Å². The molecule has 0 N–H and O–H groups in total. The van der Waals surface area contributed by atoms with Crippen LogP contribution in [0.4, 0.5) is 0 Å². The minimum Gasteiger partial charge on any atom is -0.358 e. The summed E-state index contributed by atoms with van der Waals surface area (Å²) in [6.07, 6.45) is 0. The zero-order valence-electron chi connectivity index (χ0n) is 7.29. The van der Waals surface area contributed by atoms with Gasteiger partial charge in [-0.25, -0.2) is 6.07 Å². The second kappa shape index (κ2) is 7.38. The Balaban J connectivity index is -0.000000213. The van der Waals surface area contributed by atoms with E-state index in [0.29, 0.717) is 0 Å². The van der Waals surface area contributed by atoms with E-state index in [1.54, 1.807) is 0 Å². The molecule has 0 aliphatic rings. The molecule has 0 aromatic heterocycles. The van der Waals surface area contributed by atoms with Gasteiger partial charge in [0.1, 0.15) is 0 Å². The maximum absolute atomic E-state index is 2.16. The normalized spacial score (nSPS) is 7.18. The molecule has 0 atom stereocenters. The zero-order valence-corrected chi connectivity index (χ0v) is 11.8. The van der Waals surface area contributed by atoms with Crippen LogP contribution >= 0.6 is 0 Å². The smallest absolute Gasteiger partial charge is 0.358 e. The quantitative estimate of drug-likeness (QED) is 0.470. The fraction of sp³-hybridized carbons (Fsp3) is 0.333. The van der Waals surface area contributed by atoms with E-state index in [9.17, 15) is 0 Å². The van der Waals surface area contributed by atoms with Crippen molar-refractivity contribution < 1.29 is 42.1 Å². The van der Waals surface area contributed by atoms with Crippen LogP contribution < -0.4 is 0 Å². The van der Waals surface area contributed by atoms with Gasteiger partial charge in [-0.3, -0.25) is 0 Å². The second-order valence-electron chi connectivity index (χ2n) is 2.32. The molecule has 0 saturated heterocycles. The first-order valence-electron chi connectivity index (χ1n) is 2.91. The molecule has 0 nitrogen and oxygen atoms in total. The molecule has 0 heterocycles. The van der Waals surface area contributed by atoms with Gasteiger partial charge in [0, 0.05) is 0 Å². The van der Waals surface area contributed by atoms with Crippen LogP contribution in [0.2, 0.25) is 0 Å². The molecule has 0 spiro atoms. The molecular formula is C9H14Pt2+4. The summed E-state index contributed by atoms with van der Waals surface area (Å²) in [5.41, 5.74) is 4.25. The summed E-state index contributed by atoms with van der Waals surface area (Å²) in [7, 11) is 0. The van der Waals surface area contributed by atoms with Gasteiger partial charge in [-0.05, 0) is 0 Å². The van der Waals surface area contributed by atoms with Crippen molar-refractivity contribution in [1.82, 2.24) is 0 Å². The molecule has 11 heavy (non-hydrogen) atoms. The SMILES string of the molecule is Cc1cc[c-](C)c1C.[CH3-].[Pt+2].[Pt+4]. The van der Waals surface area contributed by atoms with Crippen molar-refractivity contribution in [3.8, 4) is 0 Å². The third-order valence-electron chi connectivity index (χ3n) is 1.77. The maximum atomic E-state index is 2.16. The molecule has 0 radical (unpaired) electrons. The first-order chi connectivity index (χ1) is 3.72.